The number of H-pyrrole nitrogens is 1. The maximum Gasteiger partial charge on any atom is 0.167 e. The quantitative estimate of drug-likeness (QED) is 0.502. The number of halogens is 1. The van der Waals surface area contributed by atoms with Gasteiger partial charge in [0.05, 0.1) is 0 Å². The zero-order valence-electron chi connectivity index (χ0n) is 12.2. The molecule has 0 bridgehead atoms. The van der Waals surface area contributed by atoms with Gasteiger partial charge in [0.15, 0.2) is 5.76 Å². The van der Waals surface area contributed by atoms with Crippen LogP contribution in [0, 0.1) is 0 Å². The first kappa shape index (κ1) is 14.0. The van der Waals surface area contributed by atoms with Gasteiger partial charge in [-0.2, -0.15) is 0 Å². The van der Waals surface area contributed by atoms with Gasteiger partial charge < -0.3 is 9.51 Å². The first-order valence-corrected chi connectivity index (χ1v) is 8.06. The molecule has 1 N–H and O–H groups in total. The van der Waals surface area contributed by atoms with E-state index in [1.54, 1.807) is 0 Å². The molecule has 2 aromatic carbocycles. The topological polar surface area (TPSA) is 41.8 Å². The number of rotatable bonds is 3. The average Bonchev–Trinajstić information content (AvgIpc) is 3.20. The summed E-state index contributed by atoms with van der Waals surface area (Å²) in [4.78, 5) is 3.37. The molecule has 0 spiro atoms. The summed E-state index contributed by atoms with van der Waals surface area (Å²) < 4.78 is 6.46. The van der Waals surface area contributed by atoms with E-state index in [4.69, 9.17) is 4.52 Å². The highest BCUT2D eigenvalue weighted by Gasteiger charge is 2.04. The molecule has 4 heteroatoms. The predicted octanol–water partition coefficient (Wildman–Crippen LogP) is 5.76. The van der Waals surface area contributed by atoms with Crippen LogP contribution in [-0.2, 0) is 0 Å². The molecule has 0 aliphatic rings. The highest BCUT2D eigenvalue weighted by atomic mass is 79.9. The number of hydrogen-bond acceptors (Lipinski definition) is 2. The first-order valence-electron chi connectivity index (χ1n) is 7.26. The zero-order valence-corrected chi connectivity index (χ0v) is 13.7. The van der Waals surface area contributed by atoms with Crippen LogP contribution in [0.2, 0.25) is 0 Å². The molecule has 0 saturated carbocycles. The minimum Gasteiger partial charge on any atom is -0.356 e. The SMILES string of the molecule is Brc1ccc2cc(/C=C/c3cc(-c4ccccc4)on3)[nH]c2c1. The van der Waals surface area contributed by atoms with Crippen molar-refractivity contribution in [2.75, 3.05) is 0 Å². The number of hydrogen-bond donors (Lipinski definition) is 1. The van der Waals surface area contributed by atoms with E-state index in [2.05, 4.69) is 44.3 Å². The van der Waals surface area contributed by atoms with Gasteiger partial charge in [0.1, 0.15) is 5.69 Å². The molecule has 0 unspecified atom stereocenters. The minimum absolute atomic E-state index is 0.769. The molecule has 0 saturated heterocycles. The maximum atomic E-state index is 5.40. The number of aromatic nitrogens is 2. The third-order valence-corrected chi connectivity index (χ3v) is 4.12. The van der Waals surface area contributed by atoms with E-state index in [1.165, 1.54) is 5.39 Å². The summed E-state index contributed by atoms with van der Waals surface area (Å²) in [5, 5.41) is 5.27. The normalized spacial score (nSPS) is 11.5. The molecular formula is C19H13BrN2O. The van der Waals surface area contributed by atoms with Crippen LogP contribution >= 0.6 is 15.9 Å². The molecule has 0 radical (unpaired) electrons. The molecule has 4 rings (SSSR count). The van der Waals surface area contributed by atoms with Gasteiger partial charge in [-0.1, -0.05) is 57.5 Å². The van der Waals surface area contributed by atoms with Gasteiger partial charge >= 0.3 is 0 Å². The fourth-order valence-corrected chi connectivity index (χ4v) is 2.85. The number of aromatic amines is 1. The summed E-state index contributed by atoms with van der Waals surface area (Å²) in [6.07, 6.45) is 3.94. The van der Waals surface area contributed by atoms with Crippen molar-refractivity contribution >= 4 is 39.0 Å². The Labute approximate surface area is 141 Å². The van der Waals surface area contributed by atoms with Crippen LogP contribution < -0.4 is 0 Å². The van der Waals surface area contributed by atoms with Crippen molar-refractivity contribution in [1.82, 2.24) is 10.1 Å². The van der Waals surface area contributed by atoms with Crippen molar-refractivity contribution in [3.8, 4) is 11.3 Å². The van der Waals surface area contributed by atoms with Crippen molar-refractivity contribution in [2.24, 2.45) is 0 Å². The van der Waals surface area contributed by atoms with Gasteiger partial charge in [-0.3, -0.25) is 0 Å². The molecule has 4 aromatic rings. The van der Waals surface area contributed by atoms with Gasteiger partial charge in [0.25, 0.3) is 0 Å². The van der Waals surface area contributed by atoms with E-state index in [0.717, 1.165) is 32.7 Å². The lowest BCUT2D eigenvalue weighted by Crippen LogP contribution is -1.71. The van der Waals surface area contributed by atoms with Crippen LogP contribution in [0.5, 0.6) is 0 Å². The lowest BCUT2D eigenvalue weighted by Gasteiger charge is -1.91. The molecular weight excluding hydrogens is 352 g/mol. The fraction of sp³-hybridized carbons (Fsp3) is 0. The summed E-state index contributed by atoms with van der Waals surface area (Å²) in [5.41, 5.74) is 3.95. The summed E-state index contributed by atoms with van der Waals surface area (Å²) in [7, 11) is 0. The molecule has 2 aromatic heterocycles. The molecule has 0 aliphatic carbocycles. The van der Waals surface area contributed by atoms with E-state index < -0.39 is 0 Å². The van der Waals surface area contributed by atoms with Crippen LogP contribution in [0.25, 0.3) is 34.4 Å². The van der Waals surface area contributed by atoms with Gasteiger partial charge in [-0.25, -0.2) is 0 Å². The third kappa shape index (κ3) is 2.98. The van der Waals surface area contributed by atoms with Gasteiger partial charge in [0.2, 0.25) is 0 Å². The van der Waals surface area contributed by atoms with Crippen LogP contribution in [0.4, 0.5) is 0 Å². The Hall–Kier alpha value is -2.59. The lowest BCUT2D eigenvalue weighted by atomic mass is 10.1. The second-order valence-corrected chi connectivity index (χ2v) is 6.19. The van der Waals surface area contributed by atoms with E-state index in [0.29, 0.717) is 0 Å². The molecule has 0 fully saturated rings. The van der Waals surface area contributed by atoms with E-state index in [1.807, 2.05) is 54.6 Å². The van der Waals surface area contributed by atoms with Crippen LogP contribution in [0.15, 0.2) is 69.7 Å². The minimum atomic E-state index is 0.769. The standard InChI is InChI=1S/C19H13BrN2O/c20-15-7-6-14-10-16(21-18(14)11-15)8-9-17-12-19(23-22-17)13-4-2-1-3-5-13/h1-12,21H/b9-8+. The number of fused-ring (bicyclic) bond motifs is 1. The second kappa shape index (κ2) is 5.89. The number of nitrogens with one attached hydrogen (secondary N) is 1. The molecule has 0 amide bonds. The maximum absolute atomic E-state index is 5.40. The highest BCUT2D eigenvalue weighted by Crippen LogP contribution is 2.23. The number of benzene rings is 2. The Morgan fingerprint density at radius 2 is 1.83 bits per heavy atom. The lowest BCUT2D eigenvalue weighted by molar-refractivity contribution is 0.430. The Kier molecular flexibility index (Phi) is 3.60. The van der Waals surface area contributed by atoms with Crippen molar-refractivity contribution in [2.45, 2.75) is 0 Å². The van der Waals surface area contributed by atoms with Crippen molar-refractivity contribution < 1.29 is 4.52 Å². The summed E-state index contributed by atoms with van der Waals surface area (Å²) in [6.45, 7) is 0. The van der Waals surface area contributed by atoms with Crippen LogP contribution in [0.1, 0.15) is 11.4 Å². The van der Waals surface area contributed by atoms with Gasteiger partial charge in [-0.15, -0.1) is 0 Å². The Bertz CT molecular complexity index is 983. The first-order chi connectivity index (χ1) is 11.3. The average molecular weight is 365 g/mol. The fourth-order valence-electron chi connectivity index (χ4n) is 2.49. The van der Waals surface area contributed by atoms with Crippen LogP contribution in [0.3, 0.4) is 0 Å². The molecule has 0 aliphatic heterocycles. The largest absolute Gasteiger partial charge is 0.356 e. The Morgan fingerprint density at radius 3 is 2.70 bits per heavy atom. The number of nitrogens with zero attached hydrogens (tertiary/aromatic N) is 1. The van der Waals surface area contributed by atoms with Crippen molar-refractivity contribution in [1.29, 1.82) is 0 Å². The van der Waals surface area contributed by atoms with E-state index in [-0.39, 0.29) is 0 Å². The highest BCUT2D eigenvalue weighted by molar-refractivity contribution is 9.10. The molecule has 23 heavy (non-hydrogen) atoms. The monoisotopic (exact) mass is 364 g/mol. The zero-order chi connectivity index (χ0) is 15.6. The molecule has 2 heterocycles. The van der Waals surface area contributed by atoms with Gasteiger partial charge in [0, 0.05) is 32.7 Å². The smallest absolute Gasteiger partial charge is 0.167 e. The van der Waals surface area contributed by atoms with Crippen LogP contribution in [-0.4, -0.2) is 10.1 Å². The Balaban J connectivity index is 1.59. The second-order valence-electron chi connectivity index (χ2n) is 5.27. The van der Waals surface area contributed by atoms with Crippen molar-refractivity contribution in [3.05, 3.63) is 76.5 Å². The predicted molar refractivity (Wildman–Crippen MR) is 96.9 cm³/mol. The van der Waals surface area contributed by atoms with E-state index in [9.17, 15) is 0 Å². The summed E-state index contributed by atoms with van der Waals surface area (Å²) in [6, 6.07) is 20.2. The summed E-state index contributed by atoms with van der Waals surface area (Å²) >= 11 is 3.48. The molecule has 3 nitrogen and oxygen atoms in total. The molecule has 112 valence electrons. The van der Waals surface area contributed by atoms with Gasteiger partial charge in [-0.05, 0) is 30.4 Å². The van der Waals surface area contributed by atoms with E-state index >= 15 is 0 Å². The third-order valence-electron chi connectivity index (χ3n) is 3.63. The van der Waals surface area contributed by atoms with Crippen molar-refractivity contribution in [3.63, 3.8) is 0 Å². The Morgan fingerprint density at radius 1 is 0.957 bits per heavy atom. The molecule has 0 atom stereocenters. The summed E-state index contributed by atoms with van der Waals surface area (Å²) in [5.74, 6) is 0.769.